The second-order valence-electron chi connectivity index (χ2n) is 3.83. The van der Waals surface area contributed by atoms with Gasteiger partial charge in [0.25, 0.3) is 10.1 Å². The Balaban J connectivity index is 2.38. The molecule has 0 aliphatic carbocycles. The minimum absolute atomic E-state index is 0.196. The molecular formula is C12H18O5S. The molecule has 0 radical (unpaired) electrons. The zero-order valence-corrected chi connectivity index (χ0v) is 11.4. The summed E-state index contributed by atoms with van der Waals surface area (Å²) in [5.74, 6) is 0.735. The molecule has 1 aromatic rings. The van der Waals surface area contributed by atoms with E-state index >= 15 is 0 Å². The molecule has 1 aromatic carbocycles. The maximum Gasteiger partial charge on any atom is 0.264 e. The molecular weight excluding hydrogens is 256 g/mol. The topological polar surface area (TPSA) is 61.8 Å². The lowest BCUT2D eigenvalue weighted by Gasteiger charge is -2.07. The van der Waals surface area contributed by atoms with Gasteiger partial charge >= 0.3 is 0 Å². The monoisotopic (exact) mass is 274 g/mol. The number of ether oxygens (including phenoxy) is 2. The van der Waals surface area contributed by atoms with E-state index in [9.17, 15) is 8.42 Å². The van der Waals surface area contributed by atoms with E-state index in [1.807, 2.05) is 24.3 Å². The van der Waals surface area contributed by atoms with Crippen molar-refractivity contribution in [1.82, 2.24) is 0 Å². The summed E-state index contributed by atoms with van der Waals surface area (Å²) in [6.07, 6.45) is 2.42. The number of hydrogen-bond donors (Lipinski definition) is 0. The van der Waals surface area contributed by atoms with Crippen molar-refractivity contribution in [3.05, 3.63) is 29.8 Å². The molecule has 0 aliphatic heterocycles. The Morgan fingerprint density at radius 2 is 2.06 bits per heavy atom. The third-order valence-electron chi connectivity index (χ3n) is 2.15. The number of hydrogen-bond acceptors (Lipinski definition) is 5. The summed E-state index contributed by atoms with van der Waals surface area (Å²) in [6, 6.07) is 7.59. The molecule has 0 N–H and O–H groups in total. The van der Waals surface area contributed by atoms with Gasteiger partial charge in [-0.15, -0.1) is 0 Å². The van der Waals surface area contributed by atoms with Gasteiger partial charge in [-0.1, -0.05) is 12.1 Å². The minimum Gasteiger partial charge on any atom is -0.468 e. The zero-order chi connectivity index (χ0) is 13.4. The molecule has 0 fully saturated rings. The van der Waals surface area contributed by atoms with E-state index in [0.717, 1.165) is 24.0 Å². The molecule has 5 nitrogen and oxygen atoms in total. The summed E-state index contributed by atoms with van der Waals surface area (Å²) in [4.78, 5) is 0. The molecule has 6 heteroatoms. The highest BCUT2D eigenvalue weighted by molar-refractivity contribution is 7.85. The predicted octanol–water partition coefficient (Wildman–Crippen LogP) is 1.58. The Morgan fingerprint density at radius 1 is 1.28 bits per heavy atom. The number of benzene rings is 1. The van der Waals surface area contributed by atoms with Gasteiger partial charge in [0.15, 0.2) is 6.79 Å². The van der Waals surface area contributed by atoms with Gasteiger partial charge < -0.3 is 9.47 Å². The van der Waals surface area contributed by atoms with Crippen molar-refractivity contribution < 1.29 is 22.1 Å². The van der Waals surface area contributed by atoms with Crippen molar-refractivity contribution in [1.29, 1.82) is 0 Å². The first-order valence-electron chi connectivity index (χ1n) is 5.56. The zero-order valence-electron chi connectivity index (χ0n) is 10.6. The molecule has 0 atom stereocenters. The molecule has 0 aliphatic rings. The van der Waals surface area contributed by atoms with Crippen LogP contribution in [0.15, 0.2) is 24.3 Å². The molecule has 0 spiro atoms. The summed E-state index contributed by atoms with van der Waals surface area (Å²) in [6.45, 7) is 0.405. The van der Waals surface area contributed by atoms with Crippen molar-refractivity contribution in [2.24, 2.45) is 0 Å². The first kappa shape index (κ1) is 14.9. The fourth-order valence-electron chi connectivity index (χ4n) is 1.40. The van der Waals surface area contributed by atoms with E-state index in [1.165, 1.54) is 0 Å². The Bertz CT molecular complexity index is 455. The van der Waals surface area contributed by atoms with Gasteiger partial charge in [0, 0.05) is 7.11 Å². The summed E-state index contributed by atoms with van der Waals surface area (Å²) in [7, 11) is -1.78. The maximum atomic E-state index is 10.8. The molecule has 0 unspecified atom stereocenters. The largest absolute Gasteiger partial charge is 0.468 e. The number of aryl methyl sites for hydroxylation is 1. The molecule has 18 heavy (non-hydrogen) atoms. The molecule has 102 valence electrons. The molecule has 0 aromatic heterocycles. The summed E-state index contributed by atoms with van der Waals surface area (Å²) in [5, 5.41) is 0. The van der Waals surface area contributed by atoms with Crippen LogP contribution in [0, 0.1) is 0 Å². The van der Waals surface area contributed by atoms with E-state index in [-0.39, 0.29) is 13.4 Å². The lowest BCUT2D eigenvalue weighted by Crippen LogP contribution is -2.05. The van der Waals surface area contributed by atoms with E-state index in [2.05, 4.69) is 4.18 Å². The lowest BCUT2D eigenvalue weighted by atomic mass is 10.1. The van der Waals surface area contributed by atoms with Gasteiger partial charge in [0.1, 0.15) is 5.75 Å². The third-order valence-corrected chi connectivity index (χ3v) is 2.74. The normalized spacial score (nSPS) is 11.4. The van der Waals surface area contributed by atoms with Crippen molar-refractivity contribution >= 4 is 10.1 Å². The van der Waals surface area contributed by atoms with Crippen LogP contribution < -0.4 is 4.74 Å². The lowest BCUT2D eigenvalue weighted by molar-refractivity contribution is 0.0511. The van der Waals surface area contributed by atoms with Gasteiger partial charge in [0.05, 0.1) is 12.9 Å². The van der Waals surface area contributed by atoms with Crippen LogP contribution in [0.1, 0.15) is 12.0 Å². The summed E-state index contributed by atoms with van der Waals surface area (Å²) < 4.78 is 36.3. The second kappa shape index (κ2) is 7.35. The highest BCUT2D eigenvalue weighted by atomic mass is 32.2. The summed E-state index contributed by atoms with van der Waals surface area (Å²) >= 11 is 0. The maximum absolute atomic E-state index is 10.8. The molecule has 0 amide bonds. The van der Waals surface area contributed by atoms with Gasteiger partial charge in [-0.25, -0.2) is 0 Å². The Hall–Kier alpha value is -1.11. The third kappa shape index (κ3) is 6.58. The minimum atomic E-state index is -3.34. The smallest absolute Gasteiger partial charge is 0.264 e. The molecule has 0 heterocycles. The first-order chi connectivity index (χ1) is 8.51. The highest BCUT2D eigenvalue weighted by Crippen LogP contribution is 2.14. The predicted molar refractivity (Wildman–Crippen MR) is 68.1 cm³/mol. The van der Waals surface area contributed by atoms with Crippen LogP contribution in [0.5, 0.6) is 5.75 Å². The van der Waals surface area contributed by atoms with E-state index in [1.54, 1.807) is 7.11 Å². The van der Waals surface area contributed by atoms with Gasteiger partial charge in [-0.3, -0.25) is 4.18 Å². The summed E-state index contributed by atoms with van der Waals surface area (Å²) in [5.41, 5.74) is 1.07. The van der Waals surface area contributed by atoms with Crippen LogP contribution >= 0.6 is 0 Å². The van der Waals surface area contributed by atoms with Gasteiger partial charge in [0.2, 0.25) is 0 Å². The standard InChI is InChI=1S/C12H18O5S/c1-15-10-16-12-7-3-5-11(9-12)6-4-8-17-18(2,13)14/h3,5,7,9H,4,6,8,10H2,1-2H3. The van der Waals surface area contributed by atoms with Crippen LogP contribution in [0.2, 0.25) is 0 Å². The van der Waals surface area contributed by atoms with Crippen molar-refractivity contribution in [3.63, 3.8) is 0 Å². The van der Waals surface area contributed by atoms with Crippen molar-refractivity contribution in [2.45, 2.75) is 12.8 Å². The van der Waals surface area contributed by atoms with Crippen LogP contribution in [0.25, 0.3) is 0 Å². The Labute approximate surface area is 108 Å². The van der Waals surface area contributed by atoms with Crippen LogP contribution in [0.3, 0.4) is 0 Å². The average molecular weight is 274 g/mol. The van der Waals surface area contributed by atoms with Crippen molar-refractivity contribution in [2.75, 3.05) is 26.8 Å². The van der Waals surface area contributed by atoms with Crippen LogP contribution in [-0.4, -0.2) is 35.2 Å². The Kier molecular flexibility index (Phi) is 6.11. The second-order valence-corrected chi connectivity index (χ2v) is 5.47. The van der Waals surface area contributed by atoms with E-state index in [0.29, 0.717) is 6.42 Å². The van der Waals surface area contributed by atoms with E-state index < -0.39 is 10.1 Å². The molecule has 0 saturated heterocycles. The first-order valence-corrected chi connectivity index (χ1v) is 7.38. The van der Waals surface area contributed by atoms with Crippen molar-refractivity contribution in [3.8, 4) is 5.75 Å². The molecule has 0 saturated carbocycles. The van der Waals surface area contributed by atoms with Crippen LogP contribution in [0.4, 0.5) is 0 Å². The highest BCUT2D eigenvalue weighted by Gasteiger charge is 2.02. The fraction of sp³-hybridized carbons (Fsp3) is 0.500. The van der Waals surface area contributed by atoms with Crippen LogP contribution in [-0.2, 0) is 25.5 Å². The average Bonchev–Trinajstić information content (AvgIpc) is 2.31. The quantitative estimate of drug-likeness (QED) is 0.409. The molecule has 1 rings (SSSR count). The fourth-order valence-corrected chi connectivity index (χ4v) is 1.82. The van der Waals surface area contributed by atoms with E-state index in [4.69, 9.17) is 9.47 Å². The van der Waals surface area contributed by atoms with Gasteiger partial charge in [-0.2, -0.15) is 8.42 Å². The SMILES string of the molecule is COCOc1cccc(CCCOS(C)(=O)=O)c1. The number of methoxy groups -OCH3 is 1. The Morgan fingerprint density at radius 3 is 2.72 bits per heavy atom. The molecule has 0 bridgehead atoms. The number of rotatable bonds is 8. The van der Waals surface area contributed by atoms with Gasteiger partial charge in [-0.05, 0) is 30.5 Å².